The molecular weight excluding hydrogens is 432 g/mol. The largest absolute Gasteiger partial charge is 0.390 e. The summed E-state index contributed by atoms with van der Waals surface area (Å²) in [7, 11) is 0. The summed E-state index contributed by atoms with van der Waals surface area (Å²) in [4.78, 5) is 4.80. The van der Waals surface area contributed by atoms with Gasteiger partial charge in [0.15, 0.2) is 5.01 Å². The standard InChI is InChI=1S/C25H28N6OS/c1-16(2)28-19-14-20(21-6-5-17-4-3-13-27-31(17)21)26-15-18(19)22-29-30-23(33-22)24-7-10-25(32,11-8-24)12-9-24/h3-6,13-16,32H,7-12H2,1-2H3,(H,26,28). The fourth-order valence-corrected chi connectivity index (χ4v) is 6.51. The molecule has 2 N–H and O–H groups in total. The molecule has 0 aromatic carbocycles. The van der Waals surface area contributed by atoms with Gasteiger partial charge in [-0.2, -0.15) is 5.10 Å². The topological polar surface area (TPSA) is 88.2 Å². The van der Waals surface area contributed by atoms with Crippen molar-refractivity contribution < 1.29 is 5.11 Å². The first-order valence-corrected chi connectivity index (χ1v) is 12.5. The molecule has 33 heavy (non-hydrogen) atoms. The van der Waals surface area contributed by atoms with E-state index in [9.17, 15) is 5.11 Å². The van der Waals surface area contributed by atoms with Gasteiger partial charge in [-0.3, -0.25) is 4.98 Å². The highest BCUT2D eigenvalue weighted by molar-refractivity contribution is 7.14. The molecule has 0 saturated heterocycles. The predicted molar refractivity (Wildman–Crippen MR) is 130 cm³/mol. The first kappa shape index (κ1) is 20.7. The molecular formula is C25H28N6OS. The number of anilines is 1. The van der Waals surface area contributed by atoms with Crippen LogP contribution in [0.3, 0.4) is 0 Å². The van der Waals surface area contributed by atoms with Gasteiger partial charge in [0, 0.05) is 29.5 Å². The number of aliphatic hydroxyl groups is 1. The van der Waals surface area contributed by atoms with E-state index < -0.39 is 5.60 Å². The van der Waals surface area contributed by atoms with Crippen molar-refractivity contribution in [1.29, 1.82) is 0 Å². The average Bonchev–Trinajstić information content (AvgIpc) is 3.48. The summed E-state index contributed by atoms with van der Waals surface area (Å²) < 4.78 is 1.91. The number of nitrogens with one attached hydrogen (secondary N) is 1. The molecule has 4 aromatic heterocycles. The van der Waals surface area contributed by atoms with Gasteiger partial charge in [-0.1, -0.05) is 11.3 Å². The van der Waals surface area contributed by atoms with Gasteiger partial charge >= 0.3 is 0 Å². The third-order valence-electron chi connectivity index (χ3n) is 7.35. The second-order valence-electron chi connectivity index (χ2n) is 9.91. The Morgan fingerprint density at radius 2 is 1.85 bits per heavy atom. The lowest BCUT2D eigenvalue weighted by molar-refractivity contribution is -0.0662. The summed E-state index contributed by atoms with van der Waals surface area (Å²) in [6.07, 6.45) is 9.32. The number of pyridine rings is 1. The van der Waals surface area contributed by atoms with Crippen LogP contribution in [0.5, 0.6) is 0 Å². The highest BCUT2D eigenvalue weighted by atomic mass is 32.1. The van der Waals surface area contributed by atoms with Crippen LogP contribution < -0.4 is 5.32 Å². The van der Waals surface area contributed by atoms with Crippen molar-refractivity contribution in [3.8, 4) is 22.0 Å². The van der Waals surface area contributed by atoms with E-state index >= 15 is 0 Å². The second-order valence-corrected chi connectivity index (χ2v) is 10.9. The SMILES string of the molecule is CC(C)Nc1cc(-c2ccc3cccnn23)ncc1-c1nnc(C23CCC(O)(CC2)CC3)s1. The number of hydrogen-bond donors (Lipinski definition) is 2. The lowest BCUT2D eigenvalue weighted by Gasteiger charge is -2.49. The molecule has 0 spiro atoms. The Labute approximate surface area is 196 Å². The van der Waals surface area contributed by atoms with Crippen molar-refractivity contribution in [1.82, 2.24) is 24.8 Å². The minimum absolute atomic E-state index is 0.0793. The third-order valence-corrected chi connectivity index (χ3v) is 8.55. The smallest absolute Gasteiger partial charge is 0.151 e. The first-order valence-electron chi connectivity index (χ1n) is 11.7. The van der Waals surface area contributed by atoms with Gasteiger partial charge in [0.2, 0.25) is 0 Å². The normalized spacial score (nSPS) is 24.6. The number of fused-ring (bicyclic) bond motifs is 4. The fraction of sp³-hybridized carbons (Fsp3) is 0.440. The third kappa shape index (κ3) is 3.52. The van der Waals surface area contributed by atoms with E-state index in [1.807, 2.05) is 22.8 Å². The molecule has 4 aromatic rings. The summed E-state index contributed by atoms with van der Waals surface area (Å²) in [6.45, 7) is 4.27. The van der Waals surface area contributed by atoms with Crippen LogP contribution in [0.4, 0.5) is 5.69 Å². The van der Waals surface area contributed by atoms with Crippen molar-refractivity contribution in [3.63, 3.8) is 0 Å². The Hall–Kier alpha value is -2.84. The van der Waals surface area contributed by atoms with Gasteiger partial charge in [-0.25, -0.2) is 4.52 Å². The number of hydrogen-bond acceptors (Lipinski definition) is 7. The zero-order chi connectivity index (χ0) is 22.6. The summed E-state index contributed by atoms with van der Waals surface area (Å²) >= 11 is 1.69. The lowest BCUT2D eigenvalue weighted by atomic mass is 9.59. The van der Waals surface area contributed by atoms with Crippen molar-refractivity contribution in [2.45, 2.75) is 69.4 Å². The summed E-state index contributed by atoms with van der Waals surface area (Å²) in [6, 6.07) is 10.4. The quantitative estimate of drug-likeness (QED) is 0.432. The van der Waals surface area contributed by atoms with Crippen LogP contribution in [0.15, 0.2) is 42.7 Å². The monoisotopic (exact) mass is 460 g/mol. The summed E-state index contributed by atoms with van der Waals surface area (Å²) in [5, 5.41) is 29.9. The van der Waals surface area contributed by atoms with E-state index in [0.29, 0.717) is 0 Å². The molecule has 0 radical (unpaired) electrons. The molecule has 8 heteroatoms. The Kier molecular flexibility index (Phi) is 4.78. The molecule has 170 valence electrons. The minimum atomic E-state index is -0.443. The van der Waals surface area contributed by atoms with Crippen LogP contribution in [0.2, 0.25) is 0 Å². The highest BCUT2D eigenvalue weighted by Gasteiger charge is 2.50. The Morgan fingerprint density at radius 1 is 1.06 bits per heavy atom. The van der Waals surface area contributed by atoms with Crippen molar-refractivity contribution >= 4 is 22.5 Å². The molecule has 3 aliphatic rings. The van der Waals surface area contributed by atoms with Gasteiger partial charge in [-0.15, -0.1) is 10.2 Å². The van der Waals surface area contributed by atoms with Crippen LogP contribution in [0.25, 0.3) is 27.5 Å². The van der Waals surface area contributed by atoms with Gasteiger partial charge in [-0.05, 0) is 82.7 Å². The van der Waals surface area contributed by atoms with Crippen LogP contribution >= 0.6 is 11.3 Å². The maximum absolute atomic E-state index is 10.6. The van der Waals surface area contributed by atoms with Crippen LogP contribution in [-0.4, -0.2) is 41.5 Å². The maximum atomic E-state index is 10.6. The molecule has 3 saturated carbocycles. The van der Waals surface area contributed by atoms with Crippen molar-refractivity contribution in [2.24, 2.45) is 0 Å². The van der Waals surface area contributed by atoms with Crippen LogP contribution in [0, 0.1) is 0 Å². The number of rotatable bonds is 5. The average molecular weight is 461 g/mol. The van der Waals surface area contributed by atoms with Gasteiger partial charge in [0.25, 0.3) is 0 Å². The molecule has 7 nitrogen and oxygen atoms in total. The molecule has 0 aliphatic heterocycles. The predicted octanol–water partition coefficient (Wildman–Crippen LogP) is 5.07. The molecule has 4 heterocycles. The zero-order valence-electron chi connectivity index (χ0n) is 19.0. The molecule has 3 fully saturated rings. The fourth-order valence-electron chi connectivity index (χ4n) is 5.37. The van der Waals surface area contributed by atoms with E-state index in [-0.39, 0.29) is 11.5 Å². The summed E-state index contributed by atoms with van der Waals surface area (Å²) in [5.74, 6) is 0. The molecule has 2 bridgehead atoms. The summed E-state index contributed by atoms with van der Waals surface area (Å²) in [5.41, 5.74) is 4.47. The molecule has 0 amide bonds. The Morgan fingerprint density at radius 3 is 2.61 bits per heavy atom. The van der Waals surface area contributed by atoms with Gasteiger partial charge in [0.1, 0.15) is 5.01 Å². The lowest BCUT2D eigenvalue weighted by Crippen LogP contribution is -2.48. The molecule has 0 atom stereocenters. The van der Waals surface area contributed by atoms with E-state index in [2.05, 4.69) is 52.7 Å². The van der Waals surface area contributed by atoms with Crippen molar-refractivity contribution in [2.75, 3.05) is 5.32 Å². The molecule has 3 aliphatic carbocycles. The van der Waals surface area contributed by atoms with Crippen molar-refractivity contribution in [3.05, 3.63) is 47.7 Å². The van der Waals surface area contributed by atoms with Crippen LogP contribution in [-0.2, 0) is 5.41 Å². The maximum Gasteiger partial charge on any atom is 0.151 e. The molecule has 0 unspecified atom stereocenters. The molecule has 7 rings (SSSR count). The van der Waals surface area contributed by atoms with Gasteiger partial charge < -0.3 is 10.4 Å². The Bertz CT molecular complexity index is 1300. The number of aromatic nitrogens is 5. The highest BCUT2D eigenvalue weighted by Crippen LogP contribution is 2.54. The zero-order valence-corrected chi connectivity index (χ0v) is 19.8. The van der Waals surface area contributed by atoms with E-state index in [1.165, 1.54) is 0 Å². The van der Waals surface area contributed by atoms with E-state index in [4.69, 9.17) is 4.98 Å². The Balaban J connectivity index is 1.38. The van der Waals surface area contributed by atoms with E-state index in [1.54, 1.807) is 17.5 Å². The van der Waals surface area contributed by atoms with Crippen LogP contribution in [0.1, 0.15) is 57.4 Å². The minimum Gasteiger partial charge on any atom is -0.390 e. The van der Waals surface area contributed by atoms with Gasteiger partial charge in [0.05, 0.1) is 28.1 Å². The first-order chi connectivity index (χ1) is 15.9. The van der Waals surface area contributed by atoms with E-state index in [0.717, 1.165) is 76.7 Å². The second kappa shape index (κ2) is 7.60. The number of nitrogens with zero attached hydrogens (tertiary/aromatic N) is 5.